The van der Waals surface area contributed by atoms with Crippen LogP contribution in [0.3, 0.4) is 0 Å². The Kier molecular flexibility index (Phi) is 4.49. The van der Waals surface area contributed by atoms with Crippen molar-refractivity contribution in [3.05, 3.63) is 23.4 Å². The highest BCUT2D eigenvalue weighted by Gasteiger charge is 2.23. The van der Waals surface area contributed by atoms with E-state index in [1.54, 1.807) is 0 Å². The second-order valence-corrected chi connectivity index (χ2v) is 4.74. The summed E-state index contributed by atoms with van der Waals surface area (Å²) in [6.07, 6.45) is 4.83. The van der Waals surface area contributed by atoms with E-state index in [0.717, 1.165) is 49.6 Å². The van der Waals surface area contributed by atoms with Gasteiger partial charge in [-0.2, -0.15) is 0 Å². The Bertz CT molecular complexity index is 474. The fraction of sp³-hybridized carbons (Fsp3) is 0.500. The average Bonchev–Trinajstić information content (AvgIpc) is 2.42. The molecule has 1 N–H and O–H groups in total. The van der Waals surface area contributed by atoms with Crippen LogP contribution in [0.1, 0.15) is 36.9 Å². The molecule has 0 saturated carbocycles. The summed E-state index contributed by atoms with van der Waals surface area (Å²) < 4.78 is 0. The lowest BCUT2D eigenvalue weighted by Crippen LogP contribution is -2.35. The van der Waals surface area contributed by atoms with Gasteiger partial charge in [0.1, 0.15) is 12.1 Å². The maximum Gasteiger partial charge on any atom is 0.413 e. The minimum absolute atomic E-state index is 0.518. The lowest BCUT2D eigenvalue weighted by molar-refractivity contribution is -0.107. The molecule has 0 atom stereocenters. The number of aryl methyl sites for hydroxylation is 2. The van der Waals surface area contributed by atoms with Crippen LogP contribution >= 0.6 is 0 Å². The number of hydrogen-bond donors (Lipinski definition) is 1. The van der Waals surface area contributed by atoms with Crippen LogP contribution in [-0.2, 0) is 17.6 Å². The Labute approximate surface area is 112 Å². The summed E-state index contributed by atoms with van der Waals surface area (Å²) in [6, 6.07) is 3.94. The Morgan fingerprint density at radius 2 is 2.26 bits per heavy atom. The number of amides is 1. The van der Waals surface area contributed by atoms with Crippen LogP contribution in [0.25, 0.3) is 0 Å². The quantitative estimate of drug-likeness (QED) is 0.653. The highest BCUT2D eigenvalue weighted by Crippen LogP contribution is 2.25. The first-order chi connectivity index (χ1) is 9.22. The van der Waals surface area contributed by atoms with Crippen molar-refractivity contribution in [3.8, 4) is 0 Å². The molecule has 19 heavy (non-hydrogen) atoms. The van der Waals surface area contributed by atoms with Crippen LogP contribution < -0.4 is 4.90 Å². The third-order valence-electron chi connectivity index (χ3n) is 3.33. The van der Waals surface area contributed by atoms with Crippen molar-refractivity contribution >= 4 is 18.2 Å². The van der Waals surface area contributed by atoms with E-state index in [1.165, 1.54) is 4.90 Å². The number of pyridine rings is 1. The lowest BCUT2D eigenvalue weighted by atomic mass is 10.0. The number of unbranched alkanes of at least 4 members (excludes halogenated alkanes) is 2. The molecule has 0 saturated heterocycles. The highest BCUT2D eigenvalue weighted by atomic mass is 16.4. The molecule has 1 amide bonds. The van der Waals surface area contributed by atoms with E-state index in [4.69, 9.17) is 5.11 Å². The zero-order valence-corrected chi connectivity index (χ0v) is 10.8. The molecule has 0 unspecified atom stereocenters. The molecular weight excluding hydrogens is 244 g/mol. The van der Waals surface area contributed by atoms with Crippen molar-refractivity contribution in [1.29, 1.82) is 0 Å². The molecule has 0 spiro atoms. The maximum atomic E-state index is 11.2. The van der Waals surface area contributed by atoms with Gasteiger partial charge in [-0.1, -0.05) is 6.07 Å². The molecule has 0 fully saturated rings. The van der Waals surface area contributed by atoms with Crippen molar-refractivity contribution < 1.29 is 14.7 Å². The first-order valence-electron chi connectivity index (χ1n) is 6.65. The number of hydrogen-bond acceptors (Lipinski definition) is 3. The molecular formula is C14H18N2O3. The van der Waals surface area contributed by atoms with Crippen LogP contribution in [0, 0.1) is 0 Å². The SMILES string of the molecule is O=CCCCCc1ccc2c(n1)N(C(=O)O)CCC2. The van der Waals surface area contributed by atoms with Gasteiger partial charge in [0.25, 0.3) is 0 Å². The lowest BCUT2D eigenvalue weighted by Gasteiger charge is -2.26. The van der Waals surface area contributed by atoms with Gasteiger partial charge in [0, 0.05) is 18.7 Å². The van der Waals surface area contributed by atoms with Gasteiger partial charge in [-0.15, -0.1) is 0 Å². The Morgan fingerprint density at radius 1 is 1.42 bits per heavy atom. The van der Waals surface area contributed by atoms with Gasteiger partial charge < -0.3 is 9.90 Å². The Morgan fingerprint density at radius 3 is 3.00 bits per heavy atom. The highest BCUT2D eigenvalue weighted by molar-refractivity contribution is 5.86. The third-order valence-corrected chi connectivity index (χ3v) is 3.33. The number of carboxylic acid groups (broad SMARTS) is 1. The normalized spacial score (nSPS) is 14.0. The Balaban J connectivity index is 2.09. The molecule has 1 aromatic rings. The summed E-state index contributed by atoms with van der Waals surface area (Å²) in [4.78, 5) is 27.2. The number of aromatic nitrogens is 1. The van der Waals surface area contributed by atoms with Gasteiger partial charge in [-0.3, -0.25) is 4.90 Å². The summed E-state index contributed by atoms with van der Waals surface area (Å²) in [5, 5.41) is 9.17. The summed E-state index contributed by atoms with van der Waals surface area (Å²) in [5.74, 6) is 0.589. The number of carbonyl (C=O) groups is 2. The minimum Gasteiger partial charge on any atom is -0.465 e. The molecule has 102 valence electrons. The summed E-state index contributed by atoms with van der Waals surface area (Å²) in [7, 11) is 0. The van der Waals surface area contributed by atoms with Crippen LogP contribution in [-0.4, -0.2) is 29.0 Å². The molecule has 2 rings (SSSR count). The molecule has 1 aromatic heterocycles. The van der Waals surface area contributed by atoms with Gasteiger partial charge in [0.2, 0.25) is 0 Å². The van der Waals surface area contributed by atoms with E-state index in [9.17, 15) is 9.59 Å². The number of nitrogens with zero attached hydrogens (tertiary/aromatic N) is 2. The number of aldehydes is 1. The first kappa shape index (κ1) is 13.5. The molecule has 5 heteroatoms. The van der Waals surface area contributed by atoms with E-state index in [1.807, 2.05) is 12.1 Å². The fourth-order valence-electron chi connectivity index (χ4n) is 2.34. The minimum atomic E-state index is -0.938. The van der Waals surface area contributed by atoms with Crippen molar-refractivity contribution in [3.63, 3.8) is 0 Å². The van der Waals surface area contributed by atoms with Gasteiger partial charge in [-0.05, 0) is 43.7 Å². The van der Waals surface area contributed by atoms with Crippen molar-refractivity contribution in [1.82, 2.24) is 4.98 Å². The molecule has 5 nitrogen and oxygen atoms in total. The maximum absolute atomic E-state index is 11.2. The van der Waals surface area contributed by atoms with Gasteiger partial charge in [-0.25, -0.2) is 9.78 Å². The average molecular weight is 262 g/mol. The molecule has 2 heterocycles. The number of carbonyl (C=O) groups excluding carboxylic acids is 1. The monoisotopic (exact) mass is 262 g/mol. The van der Waals surface area contributed by atoms with Crippen LogP contribution in [0.2, 0.25) is 0 Å². The largest absolute Gasteiger partial charge is 0.465 e. The summed E-state index contributed by atoms with van der Waals surface area (Å²) in [5.41, 5.74) is 1.91. The second-order valence-electron chi connectivity index (χ2n) is 4.74. The first-order valence-corrected chi connectivity index (χ1v) is 6.65. The fourth-order valence-corrected chi connectivity index (χ4v) is 2.34. The molecule has 1 aliphatic rings. The van der Waals surface area contributed by atoms with Gasteiger partial charge in [0.05, 0.1) is 0 Å². The number of anilines is 1. The van der Waals surface area contributed by atoms with Crippen molar-refractivity contribution in [2.45, 2.75) is 38.5 Å². The molecule has 0 radical (unpaired) electrons. The van der Waals surface area contributed by atoms with E-state index in [2.05, 4.69) is 4.98 Å². The van der Waals surface area contributed by atoms with Gasteiger partial charge in [0.15, 0.2) is 0 Å². The predicted molar refractivity (Wildman–Crippen MR) is 71.5 cm³/mol. The van der Waals surface area contributed by atoms with Crippen molar-refractivity contribution in [2.24, 2.45) is 0 Å². The molecule has 0 aromatic carbocycles. The van der Waals surface area contributed by atoms with Crippen molar-refractivity contribution in [2.75, 3.05) is 11.4 Å². The number of fused-ring (bicyclic) bond motifs is 1. The zero-order valence-electron chi connectivity index (χ0n) is 10.8. The predicted octanol–water partition coefficient (Wildman–Crippen LogP) is 2.42. The van der Waals surface area contributed by atoms with E-state index in [0.29, 0.717) is 18.8 Å². The van der Waals surface area contributed by atoms with E-state index in [-0.39, 0.29) is 0 Å². The van der Waals surface area contributed by atoms with Gasteiger partial charge >= 0.3 is 6.09 Å². The molecule has 0 aliphatic carbocycles. The Hall–Kier alpha value is -1.91. The molecule has 1 aliphatic heterocycles. The zero-order chi connectivity index (χ0) is 13.7. The van der Waals surface area contributed by atoms with Crippen LogP contribution in [0.15, 0.2) is 12.1 Å². The second kappa shape index (κ2) is 6.31. The summed E-state index contributed by atoms with van der Waals surface area (Å²) in [6.45, 7) is 0.518. The van der Waals surface area contributed by atoms with E-state index < -0.39 is 6.09 Å². The van der Waals surface area contributed by atoms with Crippen LogP contribution in [0.4, 0.5) is 10.6 Å². The van der Waals surface area contributed by atoms with Crippen LogP contribution in [0.5, 0.6) is 0 Å². The van der Waals surface area contributed by atoms with E-state index >= 15 is 0 Å². The molecule has 0 bridgehead atoms. The number of rotatable bonds is 5. The standard InChI is InChI=1S/C14H18N2O3/c17-10-3-1-2-6-12-8-7-11-5-4-9-16(14(18)19)13(11)15-12/h7-8,10H,1-6,9H2,(H,18,19). The topological polar surface area (TPSA) is 70.5 Å². The third kappa shape index (κ3) is 3.30. The smallest absolute Gasteiger partial charge is 0.413 e. The summed E-state index contributed by atoms with van der Waals surface area (Å²) >= 11 is 0.